The number of anilines is 6. The Kier molecular flexibility index (Phi) is 9.42. The molecule has 2 heterocycles. The SMILES string of the molecule is Cc1ccc(N(c2ccc(-c3ccc(N(c4ccc(C)cc4)c4ccc(-c5csc6ccccc56)cc4)cc3)cc2)c2ccc(-c3csc4ccccc34)cc2)cc1. The monoisotopic (exact) mass is 780 g/mol. The van der Waals surface area contributed by atoms with E-state index in [4.69, 9.17) is 0 Å². The Hall–Kier alpha value is -6.72. The van der Waals surface area contributed by atoms with Crippen LogP contribution in [0.25, 0.3) is 53.6 Å². The highest BCUT2D eigenvalue weighted by atomic mass is 32.1. The number of fused-ring (bicyclic) bond motifs is 2. The lowest BCUT2D eigenvalue weighted by atomic mass is 10.0. The standard InChI is InChI=1S/C54H40N2S2/c1-37-11-23-43(24-12-37)55(47-31-19-41(20-32-47)51-35-57-53-9-5-3-7-49(51)53)45-27-15-39(16-28-45)40-17-29-46(30-18-40)56(44-25-13-38(2)14-26-44)48-33-21-42(22-34-48)52-36-58-54-10-6-4-8-50(52)54/h3-36H,1-2H3. The summed E-state index contributed by atoms with van der Waals surface area (Å²) in [7, 11) is 0. The number of aryl methyl sites for hydroxylation is 2. The van der Waals surface area contributed by atoms with Gasteiger partial charge in [0.25, 0.3) is 0 Å². The maximum Gasteiger partial charge on any atom is 0.0462 e. The number of thiophene rings is 2. The molecule has 10 aromatic rings. The minimum absolute atomic E-state index is 1.11. The fourth-order valence-corrected chi connectivity index (χ4v) is 9.81. The van der Waals surface area contributed by atoms with E-state index >= 15 is 0 Å². The number of rotatable bonds is 9. The largest absolute Gasteiger partial charge is 0.311 e. The molecule has 0 aliphatic carbocycles. The van der Waals surface area contributed by atoms with Crippen LogP contribution in [0.15, 0.2) is 205 Å². The maximum absolute atomic E-state index is 2.34. The van der Waals surface area contributed by atoms with E-state index in [0.717, 1.165) is 34.1 Å². The molecule has 2 aromatic heterocycles. The summed E-state index contributed by atoms with van der Waals surface area (Å²) in [6.45, 7) is 4.27. The average molecular weight is 781 g/mol. The summed E-state index contributed by atoms with van der Waals surface area (Å²) in [6, 6.07) is 70.7. The number of hydrogen-bond acceptors (Lipinski definition) is 4. The first-order valence-electron chi connectivity index (χ1n) is 19.6. The second-order valence-corrected chi connectivity index (χ2v) is 16.6. The number of hydrogen-bond donors (Lipinski definition) is 0. The van der Waals surface area contributed by atoms with Crippen molar-refractivity contribution >= 4 is 77.0 Å². The fraction of sp³-hybridized carbons (Fsp3) is 0.0370. The predicted octanol–water partition coefficient (Wildman–Crippen LogP) is 16.7. The first-order valence-corrected chi connectivity index (χ1v) is 21.4. The van der Waals surface area contributed by atoms with Crippen molar-refractivity contribution in [3.05, 3.63) is 216 Å². The molecule has 0 fully saturated rings. The van der Waals surface area contributed by atoms with Crippen LogP contribution in [0.3, 0.4) is 0 Å². The third-order valence-electron chi connectivity index (χ3n) is 11.0. The molecular weight excluding hydrogens is 741 g/mol. The van der Waals surface area contributed by atoms with Crippen LogP contribution in [0.1, 0.15) is 11.1 Å². The zero-order valence-electron chi connectivity index (χ0n) is 32.3. The number of benzene rings is 8. The van der Waals surface area contributed by atoms with Crippen molar-refractivity contribution in [2.45, 2.75) is 13.8 Å². The van der Waals surface area contributed by atoms with Crippen LogP contribution in [-0.2, 0) is 0 Å². The topological polar surface area (TPSA) is 6.48 Å². The van der Waals surface area contributed by atoms with Crippen LogP contribution in [0, 0.1) is 13.8 Å². The van der Waals surface area contributed by atoms with Crippen molar-refractivity contribution < 1.29 is 0 Å². The summed E-state index contributed by atoms with van der Waals surface area (Å²) in [5.74, 6) is 0. The smallest absolute Gasteiger partial charge is 0.0462 e. The molecule has 0 aliphatic rings. The molecule has 278 valence electrons. The van der Waals surface area contributed by atoms with Crippen molar-refractivity contribution in [1.29, 1.82) is 0 Å². The second kappa shape index (κ2) is 15.3. The lowest BCUT2D eigenvalue weighted by molar-refractivity contribution is 1.27. The maximum atomic E-state index is 2.34. The van der Waals surface area contributed by atoms with Gasteiger partial charge in [-0.05, 0) is 132 Å². The van der Waals surface area contributed by atoms with Crippen molar-refractivity contribution in [1.82, 2.24) is 0 Å². The van der Waals surface area contributed by atoms with E-state index < -0.39 is 0 Å². The van der Waals surface area contributed by atoms with Gasteiger partial charge < -0.3 is 9.80 Å². The molecule has 0 atom stereocenters. The number of nitrogens with zero attached hydrogens (tertiary/aromatic N) is 2. The quantitative estimate of drug-likeness (QED) is 0.144. The molecule has 2 nitrogen and oxygen atoms in total. The van der Waals surface area contributed by atoms with Gasteiger partial charge >= 0.3 is 0 Å². The summed E-state index contributed by atoms with van der Waals surface area (Å²) in [5, 5.41) is 7.15. The molecule has 4 heteroatoms. The predicted molar refractivity (Wildman–Crippen MR) is 252 cm³/mol. The lowest BCUT2D eigenvalue weighted by Gasteiger charge is -2.26. The van der Waals surface area contributed by atoms with Gasteiger partial charge in [0.05, 0.1) is 0 Å². The van der Waals surface area contributed by atoms with Crippen LogP contribution >= 0.6 is 22.7 Å². The molecule has 0 unspecified atom stereocenters. The Morgan fingerprint density at radius 1 is 0.293 bits per heavy atom. The summed E-state index contributed by atoms with van der Waals surface area (Å²) in [6.07, 6.45) is 0. The van der Waals surface area contributed by atoms with Crippen LogP contribution in [0.2, 0.25) is 0 Å². The van der Waals surface area contributed by atoms with Gasteiger partial charge in [-0.3, -0.25) is 0 Å². The van der Waals surface area contributed by atoms with E-state index in [1.807, 2.05) is 0 Å². The molecular formula is C54H40N2S2. The van der Waals surface area contributed by atoms with Gasteiger partial charge in [-0.15, -0.1) is 22.7 Å². The van der Waals surface area contributed by atoms with E-state index in [1.165, 1.54) is 64.7 Å². The normalized spacial score (nSPS) is 11.3. The molecule has 58 heavy (non-hydrogen) atoms. The Labute approximate surface area is 348 Å². The molecule has 0 radical (unpaired) electrons. The molecule has 0 saturated heterocycles. The van der Waals surface area contributed by atoms with E-state index in [-0.39, 0.29) is 0 Å². The van der Waals surface area contributed by atoms with Crippen LogP contribution in [-0.4, -0.2) is 0 Å². The minimum atomic E-state index is 1.11. The van der Waals surface area contributed by atoms with E-state index in [9.17, 15) is 0 Å². The van der Waals surface area contributed by atoms with Crippen molar-refractivity contribution in [2.24, 2.45) is 0 Å². The van der Waals surface area contributed by atoms with E-state index in [2.05, 4.69) is 229 Å². The molecule has 8 aromatic carbocycles. The molecule has 10 rings (SSSR count). The summed E-state index contributed by atoms with van der Waals surface area (Å²) in [5.41, 5.74) is 16.6. The Morgan fingerprint density at radius 2 is 0.569 bits per heavy atom. The highest BCUT2D eigenvalue weighted by Gasteiger charge is 2.16. The third-order valence-corrected chi connectivity index (χ3v) is 12.9. The lowest BCUT2D eigenvalue weighted by Crippen LogP contribution is -2.10. The molecule has 0 N–H and O–H groups in total. The Balaban J connectivity index is 0.945. The highest BCUT2D eigenvalue weighted by molar-refractivity contribution is 7.18. The van der Waals surface area contributed by atoms with Gasteiger partial charge in [-0.25, -0.2) is 0 Å². The van der Waals surface area contributed by atoms with Gasteiger partial charge in [0.2, 0.25) is 0 Å². The van der Waals surface area contributed by atoms with Crippen LogP contribution in [0.5, 0.6) is 0 Å². The van der Waals surface area contributed by atoms with Crippen LogP contribution < -0.4 is 9.80 Å². The van der Waals surface area contributed by atoms with Gasteiger partial charge in [0, 0.05) is 65.4 Å². The van der Waals surface area contributed by atoms with Gasteiger partial charge in [0.15, 0.2) is 0 Å². The molecule has 0 amide bonds. The molecule has 0 spiro atoms. The minimum Gasteiger partial charge on any atom is -0.311 e. The zero-order valence-corrected chi connectivity index (χ0v) is 34.0. The zero-order chi connectivity index (χ0) is 39.0. The molecule has 0 bridgehead atoms. The molecule has 0 aliphatic heterocycles. The first-order chi connectivity index (χ1) is 28.6. The Bertz CT molecular complexity index is 2770. The van der Waals surface area contributed by atoms with E-state index in [1.54, 1.807) is 22.7 Å². The summed E-state index contributed by atoms with van der Waals surface area (Å²) < 4.78 is 2.63. The average Bonchev–Trinajstić information content (AvgIpc) is 3.92. The van der Waals surface area contributed by atoms with Crippen LogP contribution in [0.4, 0.5) is 34.1 Å². The van der Waals surface area contributed by atoms with Crippen molar-refractivity contribution in [2.75, 3.05) is 9.80 Å². The summed E-state index contributed by atoms with van der Waals surface area (Å²) >= 11 is 3.60. The van der Waals surface area contributed by atoms with Gasteiger partial charge in [-0.1, -0.05) is 120 Å². The first kappa shape index (κ1) is 35.7. The summed E-state index contributed by atoms with van der Waals surface area (Å²) in [4.78, 5) is 4.68. The van der Waals surface area contributed by atoms with E-state index in [0.29, 0.717) is 0 Å². The second-order valence-electron chi connectivity index (χ2n) is 14.8. The van der Waals surface area contributed by atoms with Gasteiger partial charge in [0.1, 0.15) is 0 Å². The van der Waals surface area contributed by atoms with Crippen molar-refractivity contribution in [3.63, 3.8) is 0 Å². The van der Waals surface area contributed by atoms with Gasteiger partial charge in [-0.2, -0.15) is 0 Å². The third kappa shape index (κ3) is 6.87. The highest BCUT2D eigenvalue weighted by Crippen LogP contribution is 2.41. The van der Waals surface area contributed by atoms with Crippen molar-refractivity contribution in [3.8, 4) is 33.4 Å². The Morgan fingerprint density at radius 3 is 0.897 bits per heavy atom. The molecule has 0 saturated carbocycles. The fourth-order valence-electron chi connectivity index (χ4n) is 7.87.